The second kappa shape index (κ2) is 8.15. The maximum atomic E-state index is 13.1. The van der Waals surface area contributed by atoms with Crippen LogP contribution in [0.15, 0.2) is 42.5 Å². The van der Waals surface area contributed by atoms with Gasteiger partial charge in [-0.15, -0.1) is 0 Å². The van der Waals surface area contributed by atoms with E-state index < -0.39 is 0 Å². The van der Waals surface area contributed by atoms with Gasteiger partial charge in [0.25, 0.3) is 5.91 Å². The summed E-state index contributed by atoms with van der Waals surface area (Å²) in [5, 5.41) is 2.69. The topological polar surface area (TPSA) is 47.6 Å². The Labute approximate surface area is 140 Å². The molecule has 0 radical (unpaired) electrons. The molecule has 0 spiro atoms. The van der Waals surface area contributed by atoms with Gasteiger partial charge in [-0.05, 0) is 55.3 Å². The number of carbonyl (C=O) groups is 1. The summed E-state index contributed by atoms with van der Waals surface area (Å²) >= 11 is 0. The van der Waals surface area contributed by atoms with Crippen LogP contribution in [0.1, 0.15) is 18.1 Å². The third kappa shape index (κ3) is 4.59. The third-order valence-electron chi connectivity index (χ3n) is 3.37. The van der Waals surface area contributed by atoms with Gasteiger partial charge in [0, 0.05) is 5.69 Å². The molecule has 5 heteroatoms. The lowest BCUT2D eigenvalue weighted by molar-refractivity contribution is -0.118. The van der Waals surface area contributed by atoms with Gasteiger partial charge in [0.1, 0.15) is 5.82 Å². The lowest BCUT2D eigenvalue weighted by Gasteiger charge is -2.12. The van der Waals surface area contributed by atoms with Crippen LogP contribution < -0.4 is 14.8 Å². The number of rotatable bonds is 6. The molecule has 2 aromatic rings. The molecule has 0 atom stereocenters. The Morgan fingerprint density at radius 2 is 2.00 bits per heavy atom. The summed E-state index contributed by atoms with van der Waals surface area (Å²) in [5.41, 5.74) is 2.19. The zero-order chi connectivity index (χ0) is 17.5. The number of benzene rings is 2. The van der Waals surface area contributed by atoms with Crippen LogP contribution in [0.5, 0.6) is 11.5 Å². The predicted octanol–water partition coefficient (Wildman–Crippen LogP) is 4.19. The molecule has 0 aliphatic rings. The Hall–Kier alpha value is -2.82. The van der Waals surface area contributed by atoms with E-state index in [1.54, 1.807) is 20.1 Å². The van der Waals surface area contributed by atoms with Gasteiger partial charge in [0.2, 0.25) is 0 Å². The summed E-state index contributed by atoms with van der Waals surface area (Å²) < 4.78 is 23.9. The average Bonchev–Trinajstić information content (AvgIpc) is 2.56. The minimum absolute atomic E-state index is 0.170. The molecule has 0 bridgehead atoms. The molecule has 0 fully saturated rings. The molecule has 24 heavy (non-hydrogen) atoms. The fraction of sp³-hybridized carbons (Fsp3) is 0.211. The lowest BCUT2D eigenvalue weighted by atomic mass is 10.2. The van der Waals surface area contributed by atoms with Crippen molar-refractivity contribution in [2.24, 2.45) is 0 Å². The quantitative estimate of drug-likeness (QED) is 0.864. The Kier molecular flexibility index (Phi) is 5.95. The highest BCUT2D eigenvalue weighted by atomic mass is 19.1. The van der Waals surface area contributed by atoms with Crippen molar-refractivity contribution >= 4 is 17.7 Å². The van der Waals surface area contributed by atoms with Gasteiger partial charge in [-0.1, -0.05) is 18.2 Å². The number of aryl methyl sites for hydroxylation is 1. The van der Waals surface area contributed by atoms with Crippen molar-refractivity contribution in [1.82, 2.24) is 0 Å². The number of hydrogen-bond donors (Lipinski definition) is 1. The molecular weight excluding hydrogens is 309 g/mol. The smallest absolute Gasteiger partial charge is 0.262 e. The molecule has 126 valence electrons. The zero-order valence-corrected chi connectivity index (χ0v) is 13.9. The van der Waals surface area contributed by atoms with Crippen molar-refractivity contribution in [3.8, 4) is 11.5 Å². The molecule has 1 N–H and O–H groups in total. The van der Waals surface area contributed by atoms with Gasteiger partial charge in [-0.3, -0.25) is 4.79 Å². The van der Waals surface area contributed by atoms with E-state index in [1.807, 2.05) is 31.2 Å². The molecule has 0 saturated heterocycles. The normalized spacial score (nSPS) is 10.7. The molecule has 0 heterocycles. The summed E-state index contributed by atoms with van der Waals surface area (Å²) in [6, 6.07) is 9.64. The zero-order valence-electron chi connectivity index (χ0n) is 13.9. The Morgan fingerprint density at radius 1 is 1.21 bits per heavy atom. The Bertz CT molecular complexity index is 756. The van der Waals surface area contributed by atoms with E-state index in [9.17, 15) is 9.18 Å². The maximum Gasteiger partial charge on any atom is 0.262 e. The molecule has 0 aromatic heterocycles. The van der Waals surface area contributed by atoms with Crippen LogP contribution in [0.2, 0.25) is 0 Å². The van der Waals surface area contributed by atoms with Crippen LogP contribution in [0.3, 0.4) is 0 Å². The van der Waals surface area contributed by atoms with Crippen molar-refractivity contribution < 1.29 is 18.7 Å². The molecule has 2 rings (SSSR count). The standard InChI is InChI=1S/C19H20FNO3/c1-4-5-14-6-9-17(18(11-14)23-3)24-12-19(22)21-16-8-7-15(20)10-13(16)2/h4-11H,12H2,1-3H3,(H,21,22)/b5-4+. The first kappa shape index (κ1) is 17.5. The van der Waals surface area contributed by atoms with Crippen LogP contribution in [0.4, 0.5) is 10.1 Å². The number of carbonyl (C=O) groups excluding carboxylic acids is 1. The largest absolute Gasteiger partial charge is 0.493 e. The highest BCUT2D eigenvalue weighted by molar-refractivity contribution is 5.92. The van der Waals surface area contributed by atoms with E-state index in [2.05, 4.69) is 5.32 Å². The minimum atomic E-state index is -0.340. The third-order valence-corrected chi connectivity index (χ3v) is 3.37. The highest BCUT2D eigenvalue weighted by Crippen LogP contribution is 2.28. The van der Waals surface area contributed by atoms with E-state index in [4.69, 9.17) is 9.47 Å². The van der Waals surface area contributed by atoms with E-state index in [0.29, 0.717) is 22.7 Å². The molecule has 1 amide bonds. The number of ether oxygens (including phenoxy) is 2. The molecule has 4 nitrogen and oxygen atoms in total. The highest BCUT2D eigenvalue weighted by Gasteiger charge is 2.10. The molecule has 0 aliphatic carbocycles. The average molecular weight is 329 g/mol. The van der Waals surface area contributed by atoms with Crippen molar-refractivity contribution in [2.75, 3.05) is 19.0 Å². The summed E-state index contributed by atoms with van der Waals surface area (Å²) in [7, 11) is 1.55. The summed E-state index contributed by atoms with van der Waals surface area (Å²) in [4.78, 5) is 12.0. The Balaban J connectivity index is 2.01. The van der Waals surface area contributed by atoms with Crippen LogP contribution in [0.25, 0.3) is 6.08 Å². The fourth-order valence-electron chi connectivity index (χ4n) is 2.20. The van der Waals surface area contributed by atoms with Crippen molar-refractivity contribution in [2.45, 2.75) is 13.8 Å². The summed E-state index contributed by atoms with van der Waals surface area (Å²) in [5.74, 6) is 0.366. The van der Waals surface area contributed by atoms with Crippen molar-refractivity contribution in [3.63, 3.8) is 0 Å². The van der Waals surface area contributed by atoms with Gasteiger partial charge in [-0.2, -0.15) is 0 Å². The summed E-state index contributed by atoms with van der Waals surface area (Å²) in [6.45, 7) is 3.48. The number of anilines is 1. The summed E-state index contributed by atoms with van der Waals surface area (Å²) in [6.07, 6.45) is 3.87. The number of hydrogen-bond acceptors (Lipinski definition) is 3. The number of allylic oxidation sites excluding steroid dienone is 1. The fourth-order valence-corrected chi connectivity index (χ4v) is 2.20. The molecule has 0 unspecified atom stereocenters. The van der Waals surface area contributed by atoms with E-state index in [0.717, 1.165) is 5.56 Å². The van der Waals surface area contributed by atoms with Gasteiger partial charge in [-0.25, -0.2) is 4.39 Å². The maximum absolute atomic E-state index is 13.1. The number of nitrogens with one attached hydrogen (secondary N) is 1. The molecular formula is C19H20FNO3. The minimum Gasteiger partial charge on any atom is -0.493 e. The molecule has 2 aromatic carbocycles. The molecule has 0 aliphatic heterocycles. The van der Waals surface area contributed by atoms with Gasteiger partial charge in [0.05, 0.1) is 7.11 Å². The van der Waals surface area contributed by atoms with Gasteiger partial charge < -0.3 is 14.8 Å². The van der Waals surface area contributed by atoms with Crippen molar-refractivity contribution in [3.05, 3.63) is 59.4 Å². The number of halogens is 1. The Morgan fingerprint density at radius 3 is 2.67 bits per heavy atom. The van der Waals surface area contributed by atoms with E-state index >= 15 is 0 Å². The van der Waals surface area contributed by atoms with Crippen LogP contribution in [-0.2, 0) is 4.79 Å². The monoisotopic (exact) mass is 329 g/mol. The first-order valence-corrected chi connectivity index (χ1v) is 7.53. The lowest BCUT2D eigenvalue weighted by Crippen LogP contribution is -2.20. The number of amides is 1. The van der Waals surface area contributed by atoms with Crippen LogP contribution in [-0.4, -0.2) is 19.6 Å². The second-order valence-electron chi connectivity index (χ2n) is 5.21. The SMILES string of the molecule is C/C=C/c1ccc(OCC(=O)Nc2ccc(F)cc2C)c(OC)c1. The second-order valence-corrected chi connectivity index (χ2v) is 5.21. The van der Waals surface area contributed by atoms with Crippen molar-refractivity contribution in [1.29, 1.82) is 0 Å². The molecule has 0 saturated carbocycles. The van der Waals surface area contributed by atoms with Crippen LogP contribution >= 0.6 is 0 Å². The van der Waals surface area contributed by atoms with E-state index in [1.165, 1.54) is 18.2 Å². The van der Waals surface area contributed by atoms with Gasteiger partial charge in [0.15, 0.2) is 18.1 Å². The van der Waals surface area contributed by atoms with Crippen LogP contribution in [0, 0.1) is 12.7 Å². The first-order valence-electron chi connectivity index (χ1n) is 7.53. The van der Waals surface area contributed by atoms with Gasteiger partial charge >= 0.3 is 0 Å². The first-order chi connectivity index (χ1) is 11.5. The predicted molar refractivity (Wildman–Crippen MR) is 93.0 cm³/mol. The number of methoxy groups -OCH3 is 1. The van der Waals surface area contributed by atoms with E-state index in [-0.39, 0.29) is 18.3 Å².